The van der Waals surface area contributed by atoms with Crippen LogP contribution in [0.15, 0.2) is 24.3 Å². The van der Waals surface area contributed by atoms with Crippen molar-refractivity contribution in [2.24, 2.45) is 5.73 Å². The van der Waals surface area contributed by atoms with Crippen molar-refractivity contribution < 1.29 is 4.79 Å². The largest absolute Gasteiger partial charge is 0.326 e. The highest BCUT2D eigenvalue weighted by molar-refractivity contribution is 5.92. The van der Waals surface area contributed by atoms with Crippen LogP contribution in [0.25, 0.3) is 0 Å². The van der Waals surface area contributed by atoms with Gasteiger partial charge in [0.1, 0.15) is 6.42 Å². The number of nitrogens with one attached hydrogen (secondary N) is 1. The van der Waals surface area contributed by atoms with Crippen molar-refractivity contribution in [2.45, 2.75) is 13.0 Å². The van der Waals surface area contributed by atoms with E-state index >= 15 is 0 Å². The van der Waals surface area contributed by atoms with E-state index in [2.05, 4.69) is 5.32 Å². The zero-order chi connectivity index (χ0) is 10.4. The molecule has 0 unspecified atom stereocenters. The average Bonchev–Trinajstić information content (AvgIpc) is 2.19. The number of nitriles is 1. The topological polar surface area (TPSA) is 78.9 Å². The second-order valence-corrected chi connectivity index (χ2v) is 2.74. The number of rotatable bonds is 3. The first kappa shape index (κ1) is 10.2. The molecular formula is C10H11N3O. The fourth-order valence-electron chi connectivity index (χ4n) is 1.09. The number of anilines is 1. The van der Waals surface area contributed by atoms with Gasteiger partial charge in [-0.25, -0.2) is 0 Å². The van der Waals surface area contributed by atoms with Gasteiger partial charge in [-0.1, -0.05) is 18.2 Å². The lowest BCUT2D eigenvalue weighted by molar-refractivity contribution is -0.115. The second-order valence-electron chi connectivity index (χ2n) is 2.74. The van der Waals surface area contributed by atoms with Crippen LogP contribution in [0.1, 0.15) is 12.0 Å². The molecular weight excluding hydrogens is 178 g/mol. The molecule has 14 heavy (non-hydrogen) atoms. The van der Waals surface area contributed by atoms with Crippen molar-refractivity contribution in [2.75, 3.05) is 5.32 Å². The Morgan fingerprint density at radius 3 is 2.86 bits per heavy atom. The molecule has 0 radical (unpaired) electrons. The maximum atomic E-state index is 11.1. The molecule has 0 aliphatic rings. The van der Waals surface area contributed by atoms with Crippen LogP contribution in [0.3, 0.4) is 0 Å². The van der Waals surface area contributed by atoms with E-state index < -0.39 is 0 Å². The first-order valence-electron chi connectivity index (χ1n) is 4.22. The van der Waals surface area contributed by atoms with Crippen LogP contribution in [0.4, 0.5) is 5.69 Å². The van der Waals surface area contributed by atoms with Crippen LogP contribution in [0.2, 0.25) is 0 Å². The van der Waals surface area contributed by atoms with Crippen LogP contribution < -0.4 is 11.1 Å². The molecule has 0 saturated heterocycles. The van der Waals surface area contributed by atoms with Gasteiger partial charge in [0.25, 0.3) is 0 Å². The van der Waals surface area contributed by atoms with Crippen LogP contribution in [-0.2, 0) is 11.3 Å². The summed E-state index contributed by atoms with van der Waals surface area (Å²) in [6, 6.07) is 9.03. The van der Waals surface area contributed by atoms with Gasteiger partial charge in [0, 0.05) is 12.2 Å². The Labute approximate surface area is 82.3 Å². The molecule has 0 aliphatic heterocycles. The Kier molecular flexibility index (Phi) is 3.65. The monoisotopic (exact) mass is 189 g/mol. The summed E-state index contributed by atoms with van der Waals surface area (Å²) in [5.41, 5.74) is 7.02. The van der Waals surface area contributed by atoms with E-state index in [1.165, 1.54) is 0 Å². The molecule has 72 valence electrons. The van der Waals surface area contributed by atoms with Gasteiger partial charge in [-0.05, 0) is 11.6 Å². The van der Waals surface area contributed by atoms with Crippen molar-refractivity contribution in [3.63, 3.8) is 0 Å². The van der Waals surface area contributed by atoms with Crippen LogP contribution in [0.5, 0.6) is 0 Å². The molecule has 4 nitrogen and oxygen atoms in total. The summed E-state index contributed by atoms with van der Waals surface area (Å²) in [5, 5.41) is 10.9. The minimum absolute atomic E-state index is 0.140. The first-order valence-corrected chi connectivity index (χ1v) is 4.22. The second kappa shape index (κ2) is 5.00. The SMILES string of the molecule is N#CCC(=O)Nc1ccccc1CN. The van der Waals surface area contributed by atoms with E-state index in [1.54, 1.807) is 18.2 Å². The number of para-hydroxylation sites is 1. The Balaban J connectivity index is 2.76. The first-order chi connectivity index (χ1) is 6.77. The Hall–Kier alpha value is -1.86. The zero-order valence-corrected chi connectivity index (χ0v) is 7.66. The third kappa shape index (κ3) is 2.57. The lowest BCUT2D eigenvalue weighted by Gasteiger charge is -2.07. The molecule has 1 amide bonds. The summed E-state index contributed by atoms with van der Waals surface area (Å²) in [5.74, 6) is -0.312. The summed E-state index contributed by atoms with van der Waals surface area (Å²) in [6.45, 7) is 0.364. The third-order valence-corrected chi connectivity index (χ3v) is 1.75. The predicted molar refractivity (Wildman–Crippen MR) is 53.2 cm³/mol. The van der Waals surface area contributed by atoms with Crippen molar-refractivity contribution in [3.8, 4) is 6.07 Å². The number of carbonyl (C=O) groups excluding carboxylic acids is 1. The van der Waals surface area contributed by atoms with Gasteiger partial charge in [-0.3, -0.25) is 4.79 Å². The van der Waals surface area contributed by atoms with E-state index in [0.29, 0.717) is 12.2 Å². The summed E-state index contributed by atoms with van der Waals surface area (Å²) in [6.07, 6.45) is -0.140. The van der Waals surface area contributed by atoms with E-state index in [4.69, 9.17) is 11.0 Å². The molecule has 0 fully saturated rings. The molecule has 1 aromatic rings. The molecule has 0 aromatic heterocycles. The lowest BCUT2D eigenvalue weighted by atomic mass is 10.2. The number of nitrogens with zero attached hydrogens (tertiary/aromatic N) is 1. The van der Waals surface area contributed by atoms with Gasteiger partial charge in [-0.15, -0.1) is 0 Å². The molecule has 0 saturated carbocycles. The van der Waals surface area contributed by atoms with Crippen molar-refractivity contribution in [1.82, 2.24) is 0 Å². The minimum atomic E-state index is -0.312. The number of carbonyl (C=O) groups is 1. The highest BCUT2D eigenvalue weighted by atomic mass is 16.1. The van der Waals surface area contributed by atoms with E-state index in [1.807, 2.05) is 12.1 Å². The number of nitrogens with two attached hydrogens (primary N) is 1. The molecule has 0 bridgehead atoms. The van der Waals surface area contributed by atoms with Crippen molar-refractivity contribution >= 4 is 11.6 Å². The number of benzene rings is 1. The highest BCUT2D eigenvalue weighted by Crippen LogP contribution is 2.13. The maximum Gasteiger partial charge on any atom is 0.238 e. The fourth-order valence-corrected chi connectivity index (χ4v) is 1.09. The maximum absolute atomic E-state index is 11.1. The third-order valence-electron chi connectivity index (χ3n) is 1.75. The minimum Gasteiger partial charge on any atom is -0.326 e. The van der Waals surface area contributed by atoms with E-state index in [9.17, 15) is 4.79 Å². The van der Waals surface area contributed by atoms with Gasteiger partial charge in [0.15, 0.2) is 0 Å². The zero-order valence-electron chi connectivity index (χ0n) is 7.66. The van der Waals surface area contributed by atoms with Crippen LogP contribution >= 0.6 is 0 Å². The van der Waals surface area contributed by atoms with Crippen molar-refractivity contribution in [1.29, 1.82) is 5.26 Å². The summed E-state index contributed by atoms with van der Waals surface area (Å²) in [4.78, 5) is 11.1. The Bertz CT molecular complexity index is 368. The lowest BCUT2D eigenvalue weighted by Crippen LogP contribution is -2.12. The molecule has 1 aromatic carbocycles. The number of amides is 1. The molecule has 0 spiro atoms. The highest BCUT2D eigenvalue weighted by Gasteiger charge is 2.03. The predicted octanol–water partition coefficient (Wildman–Crippen LogP) is 0.997. The smallest absolute Gasteiger partial charge is 0.238 e. The van der Waals surface area contributed by atoms with Gasteiger partial charge >= 0.3 is 0 Å². The summed E-state index contributed by atoms with van der Waals surface area (Å²) < 4.78 is 0. The summed E-state index contributed by atoms with van der Waals surface area (Å²) in [7, 11) is 0. The molecule has 3 N–H and O–H groups in total. The normalized spacial score (nSPS) is 9.14. The molecule has 0 aliphatic carbocycles. The molecule has 0 atom stereocenters. The van der Waals surface area contributed by atoms with Gasteiger partial charge < -0.3 is 11.1 Å². The van der Waals surface area contributed by atoms with Crippen LogP contribution in [0, 0.1) is 11.3 Å². The number of hydrogen-bond acceptors (Lipinski definition) is 3. The standard InChI is InChI=1S/C10H11N3O/c11-6-5-10(14)13-9-4-2-1-3-8(9)7-12/h1-4H,5,7,12H2,(H,13,14). The number of hydrogen-bond donors (Lipinski definition) is 2. The summed E-state index contributed by atoms with van der Waals surface area (Å²) >= 11 is 0. The van der Waals surface area contributed by atoms with Gasteiger partial charge in [0.2, 0.25) is 5.91 Å². The molecule has 1 rings (SSSR count). The quantitative estimate of drug-likeness (QED) is 0.744. The van der Waals surface area contributed by atoms with E-state index in [0.717, 1.165) is 5.56 Å². The van der Waals surface area contributed by atoms with Gasteiger partial charge in [-0.2, -0.15) is 5.26 Å². The van der Waals surface area contributed by atoms with E-state index in [-0.39, 0.29) is 12.3 Å². The van der Waals surface area contributed by atoms with Gasteiger partial charge in [0.05, 0.1) is 6.07 Å². The Morgan fingerprint density at radius 2 is 2.21 bits per heavy atom. The fraction of sp³-hybridized carbons (Fsp3) is 0.200. The molecule has 4 heteroatoms. The van der Waals surface area contributed by atoms with Crippen molar-refractivity contribution in [3.05, 3.63) is 29.8 Å². The van der Waals surface area contributed by atoms with Crippen LogP contribution in [-0.4, -0.2) is 5.91 Å². The molecule has 0 heterocycles. The Morgan fingerprint density at radius 1 is 1.50 bits per heavy atom. The average molecular weight is 189 g/mol.